The second-order valence-corrected chi connectivity index (χ2v) is 7.23. The third-order valence-corrected chi connectivity index (χ3v) is 5.27. The van der Waals surface area contributed by atoms with Crippen molar-refractivity contribution in [3.8, 4) is 0 Å². The minimum absolute atomic E-state index is 0.300. The van der Waals surface area contributed by atoms with E-state index in [1.165, 1.54) is 11.3 Å². The van der Waals surface area contributed by atoms with E-state index in [9.17, 15) is 8.42 Å². The van der Waals surface area contributed by atoms with Crippen LogP contribution in [-0.4, -0.2) is 20.1 Å². The van der Waals surface area contributed by atoms with Crippen LogP contribution < -0.4 is 4.72 Å². The molecule has 2 aromatic rings. The third-order valence-electron chi connectivity index (χ3n) is 2.32. The van der Waals surface area contributed by atoms with Crippen molar-refractivity contribution in [2.45, 2.75) is 24.5 Å². The number of hydrogen-bond acceptors (Lipinski definition) is 5. The van der Waals surface area contributed by atoms with Crippen LogP contribution in [0.1, 0.15) is 16.3 Å². The van der Waals surface area contributed by atoms with Crippen LogP contribution in [0.5, 0.6) is 0 Å². The lowest BCUT2D eigenvalue weighted by atomic mass is 10.3. The van der Waals surface area contributed by atoms with Crippen LogP contribution >= 0.6 is 11.3 Å². The molecule has 1 N–H and O–H groups in total. The number of hydrogen-bond donors (Lipinski definition) is 1. The number of aromatic nitrogens is 1. The van der Waals surface area contributed by atoms with Gasteiger partial charge in [-0.05, 0) is 26.0 Å². The van der Waals surface area contributed by atoms with E-state index in [1.807, 2.05) is 13.8 Å². The summed E-state index contributed by atoms with van der Waals surface area (Å²) in [5.74, 6) is 0.678. The molecule has 0 aliphatic carbocycles. The highest BCUT2D eigenvalue weighted by Crippen LogP contribution is 2.20. The zero-order valence-corrected chi connectivity index (χ0v) is 11.8. The first-order valence-electron chi connectivity index (χ1n) is 5.46. The first kappa shape index (κ1) is 13.3. The Kier molecular flexibility index (Phi) is 3.84. The van der Waals surface area contributed by atoms with E-state index in [-0.39, 0.29) is 0 Å². The third kappa shape index (κ3) is 3.18. The van der Waals surface area contributed by atoms with Gasteiger partial charge in [0, 0.05) is 23.9 Å². The Labute approximate surface area is 110 Å². The molecule has 2 aromatic heterocycles. The molecule has 0 amide bonds. The van der Waals surface area contributed by atoms with E-state index < -0.39 is 10.0 Å². The summed E-state index contributed by atoms with van der Waals surface area (Å²) in [4.78, 5) is 0.973. The van der Waals surface area contributed by atoms with E-state index in [0.29, 0.717) is 22.9 Å². The van der Waals surface area contributed by atoms with E-state index >= 15 is 0 Å². The van der Waals surface area contributed by atoms with Crippen LogP contribution in [0.15, 0.2) is 26.9 Å². The van der Waals surface area contributed by atoms with Crippen molar-refractivity contribution in [3.05, 3.63) is 34.5 Å². The zero-order valence-electron chi connectivity index (χ0n) is 10.1. The molecule has 0 aliphatic heterocycles. The van der Waals surface area contributed by atoms with Gasteiger partial charge >= 0.3 is 0 Å². The van der Waals surface area contributed by atoms with E-state index in [2.05, 4.69) is 9.88 Å². The summed E-state index contributed by atoms with van der Waals surface area (Å²) >= 11 is 1.26. The maximum absolute atomic E-state index is 11.9. The second-order valence-electron chi connectivity index (χ2n) is 3.95. The fourth-order valence-electron chi connectivity index (χ4n) is 1.47. The van der Waals surface area contributed by atoms with Gasteiger partial charge in [0.05, 0.1) is 5.69 Å². The lowest BCUT2D eigenvalue weighted by molar-refractivity contribution is 0.379. The summed E-state index contributed by atoms with van der Waals surface area (Å²) in [6.07, 6.45) is 0.491. The monoisotopic (exact) mass is 286 g/mol. The lowest BCUT2D eigenvalue weighted by Crippen LogP contribution is -2.25. The highest BCUT2D eigenvalue weighted by Gasteiger charge is 2.15. The zero-order chi connectivity index (χ0) is 13.2. The predicted octanol–water partition coefficient (Wildman–Crippen LogP) is 1.87. The second kappa shape index (κ2) is 5.21. The van der Waals surface area contributed by atoms with Gasteiger partial charge in [0.1, 0.15) is 9.97 Å². The van der Waals surface area contributed by atoms with Gasteiger partial charge < -0.3 is 4.52 Å². The van der Waals surface area contributed by atoms with Gasteiger partial charge in [-0.3, -0.25) is 0 Å². The summed E-state index contributed by atoms with van der Waals surface area (Å²) in [6.45, 7) is 4.00. The topological polar surface area (TPSA) is 72.2 Å². The molecule has 0 saturated heterocycles. The highest BCUT2D eigenvalue weighted by molar-refractivity contribution is 7.91. The van der Waals surface area contributed by atoms with Crippen LogP contribution in [-0.2, 0) is 16.4 Å². The lowest BCUT2D eigenvalue weighted by Gasteiger charge is -2.02. The molecule has 2 rings (SSSR count). The number of nitrogens with zero attached hydrogens (tertiary/aromatic N) is 1. The molecule has 0 atom stereocenters. The summed E-state index contributed by atoms with van der Waals surface area (Å²) in [5.41, 5.74) is 0.793. The Morgan fingerprint density at radius 2 is 2.17 bits per heavy atom. The van der Waals surface area contributed by atoms with Crippen molar-refractivity contribution in [2.24, 2.45) is 0 Å². The van der Waals surface area contributed by atoms with Gasteiger partial charge in [0.15, 0.2) is 0 Å². The fraction of sp³-hybridized carbons (Fsp3) is 0.364. The number of rotatable bonds is 5. The van der Waals surface area contributed by atoms with Crippen molar-refractivity contribution in [1.29, 1.82) is 0 Å². The molecular formula is C11H14N2O3S2. The Morgan fingerprint density at radius 3 is 2.72 bits per heavy atom. The van der Waals surface area contributed by atoms with Gasteiger partial charge in [0.25, 0.3) is 0 Å². The Bertz CT molecular complexity index is 628. The van der Waals surface area contributed by atoms with Crippen LogP contribution in [0.25, 0.3) is 0 Å². The molecule has 0 aliphatic rings. The fourth-order valence-corrected chi connectivity index (χ4v) is 3.83. The molecule has 0 bridgehead atoms. The van der Waals surface area contributed by atoms with Gasteiger partial charge in [-0.15, -0.1) is 11.3 Å². The quantitative estimate of drug-likeness (QED) is 0.911. The molecular weight excluding hydrogens is 272 g/mol. The summed E-state index contributed by atoms with van der Waals surface area (Å²) < 4.78 is 31.7. The van der Waals surface area contributed by atoms with Crippen molar-refractivity contribution in [3.63, 3.8) is 0 Å². The number of nitrogens with one attached hydrogen (secondary N) is 1. The first-order valence-corrected chi connectivity index (χ1v) is 7.75. The summed E-state index contributed by atoms with van der Waals surface area (Å²) in [5, 5.41) is 3.74. The Morgan fingerprint density at radius 1 is 1.39 bits per heavy atom. The van der Waals surface area contributed by atoms with Crippen molar-refractivity contribution in [1.82, 2.24) is 9.88 Å². The van der Waals surface area contributed by atoms with Gasteiger partial charge in [-0.1, -0.05) is 5.16 Å². The molecule has 0 radical (unpaired) electrons. The number of aryl methyl sites for hydroxylation is 2. The molecule has 0 fully saturated rings. The molecule has 98 valence electrons. The summed E-state index contributed by atoms with van der Waals surface area (Å²) in [7, 11) is -3.40. The predicted molar refractivity (Wildman–Crippen MR) is 69.2 cm³/mol. The van der Waals surface area contributed by atoms with Gasteiger partial charge in [-0.2, -0.15) is 0 Å². The molecule has 0 saturated carbocycles. The van der Waals surface area contributed by atoms with Crippen LogP contribution in [0, 0.1) is 13.8 Å². The average molecular weight is 286 g/mol. The van der Waals surface area contributed by atoms with Crippen molar-refractivity contribution < 1.29 is 12.9 Å². The normalized spacial score (nSPS) is 11.9. The van der Waals surface area contributed by atoms with Crippen LogP contribution in [0.3, 0.4) is 0 Å². The van der Waals surface area contributed by atoms with Crippen molar-refractivity contribution in [2.75, 3.05) is 6.54 Å². The maximum atomic E-state index is 11.9. The SMILES string of the molecule is Cc1cc(CCNS(=O)(=O)c2ccc(C)s2)on1. The van der Waals surface area contributed by atoms with Gasteiger partial charge in [0.2, 0.25) is 10.0 Å². The summed E-state index contributed by atoms with van der Waals surface area (Å²) in [6, 6.07) is 5.20. The van der Waals surface area contributed by atoms with Crippen LogP contribution in [0.2, 0.25) is 0 Å². The number of thiophene rings is 1. The molecule has 2 heterocycles. The average Bonchev–Trinajstić information content (AvgIpc) is 2.88. The minimum Gasteiger partial charge on any atom is -0.361 e. The van der Waals surface area contributed by atoms with Crippen molar-refractivity contribution >= 4 is 21.4 Å². The number of sulfonamides is 1. The smallest absolute Gasteiger partial charge is 0.250 e. The molecule has 5 nitrogen and oxygen atoms in total. The molecule has 0 spiro atoms. The minimum atomic E-state index is -3.40. The van der Waals surface area contributed by atoms with E-state index in [1.54, 1.807) is 18.2 Å². The van der Waals surface area contributed by atoms with Crippen LogP contribution in [0.4, 0.5) is 0 Å². The largest absolute Gasteiger partial charge is 0.361 e. The first-order chi connectivity index (χ1) is 8.47. The molecule has 0 unspecified atom stereocenters. The molecule has 18 heavy (non-hydrogen) atoms. The standard InChI is InChI=1S/C11H14N2O3S2/c1-8-7-10(16-13-8)5-6-12-18(14,15)11-4-3-9(2)17-11/h3-4,7,12H,5-6H2,1-2H3. The molecule has 7 heteroatoms. The Balaban J connectivity index is 1.93. The van der Waals surface area contributed by atoms with E-state index in [4.69, 9.17) is 4.52 Å². The Hall–Kier alpha value is -1.18. The molecule has 0 aromatic carbocycles. The van der Waals surface area contributed by atoms with Gasteiger partial charge in [-0.25, -0.2) is 13.1 Å². The maximum Gasteiger partial charge on any atom is 0.250 e. The highest BCUT2D eigenvalue weighted by atomic mass is 32.2. The van der Waals surface area contributed by atoms with E-state index in [0.717, 1.165) is 10.6 Å².